The molecule has 1 aliphatic rings. The van der Waals surface area contributed by atoms with Gasteiger partial charge in [0.1, 0.15) is 5.82 Å². The molecule has 0 aromatic carbocycles. The topological polar surface area (TPSA) is 37.2 Å². The van der Waals surface area contributed by atoms with Gasteiger partial charge in [-0.3, -0.25) is 9.80 Å². The zero-order valence-electron chi connectivity index (χ0n) is 13.7. The average Bonchev–Trinajstić information content (AvgIpc) is 3.10. The number of rotatable bonds is 5. The number of aromatic nitrogens is 3. The molecule has 0 amide bonds. The molecule has 2 aromatic rings. The van der Waals surface area contributed by atoms with Crippen molar-refractivity contribution in [2.75, 3.05) is 19.6 Å². The SMILES string of the molecule is CCn1ccnc1CN1CCN(Cc2cnc(C)s2)CC1C. The molecule has 22 heavy (non-hydrogen) atoms. The Balaban J connectivity index is 1.56. The zero-order valence-corrected chi connectivity index (χ0v) is 14.5. The van der Waals surface area contributed by atoms with Crippen molar-refractivity contribution in [1.29, 1.82) is 0 Å². The van der Waals surface area contributed by atoms with Gasteiger partial charge < -0.3 is 4.57 Å². The Morgan fingerprint density at radius 2 is 2.14 bits per heavy atom. The molecule has 1 unspecified atom stereocenters. The second kappa shape index (κ2) is 6.89. The zero-order chi connectivity index (χ0) is 15.5. The third-order valence-electron chi connectivity index (χ3n) is 4.38. The molecule has 1 aliphatic heterocycles. The van der Waals surface area contributed by atoms with E-state index in [1.165, 1.54) is 10.7 Å². The summed E-state index contributed by atoms with van der Waals surface area (Å²) in [7, 11) is 0. The van der Waals surface area contributed by atoms with Crippen LogP contribution >= 0.6 is 11.3 Å². The van der Waals surface area contributed by atoms with Gasteiger partial charge in [-0.1, -0.05) is 0 Å². The van der Waals surface area contributed by atoms with Crippen LogP contribution in [0.25, 0.3) is 0 Å². The highest BCUT2D eigenvalue weighted by molar-refractivity contribution is 7.11. The monoisotopic (exact) mass is 319 g/mol. The van der Waals surface area contributed by atoms with Crippen LogP contribution in [0.5, 0.6) is 0 Å². The molecule has 0 spiro atoms. The fourth-order valence-electron chi connectivity index (χ4n) is 3.11. The van der Waals surface area contributed by atoms with Gasteiger partial charge in [-0.05, 0) is 20.8 Å². The molecule has 0 saturated carbocycles. The van der Waals surface area contributed by atoms with Crippen LogP contribution in [0.2, 0.25) is 0 Å². The first-order valence-corrected chi connectivity index (χ1v) is 8.85. The first kappa shape index (κ1) is 15.6. The van der Waals surface area contributed by atoms with E-state index >= 15 is 0 Å². The largest absolute Gasteiger partial charge is 0.334 e. The molecule has 0 aliphatic carbocycles. The maximum absolute atomic E-state index is 4.51. The van der Waals surface area contributed by atoms with Gasteiger partial charge in [-0.25, -0.2) is 9.97 Å². The quantitative estimate of drug-likeness (QED) is 0.848. The van der Waals surface area contributed by atoms with Crippen molar-refractivity contribution >= 4 is 11.3 Å². The Hall–Kier alpha value is -1.24. The van der Waals surface area contributed by atoms with E-state index in [1.807, 2.05) is 23.7 Å². The van der Waals surface area contributed by atoms with E-state index in [4.69, 9.17) is 0 Å². The molecule has 1 fully saturated rings. The minimum absolute atomic E-state index is 0.560. The summed E-state index contributed by atoms with van der Waals surface area (Å²) in [5.41, 5.74) is 0. The third kappa shape index (κ3) is 3.56. The minimum atomic E-state index is 0.560. The fourth-order valence-corrected chi connectivity index (χ4v) is 3.95. The molecule has 2 aromatic heterocycles. The molecule has 120 valence electrons. The Morgan fingerprint density at radius 1 is 1.27 bits per heavy atom. The van der Waals surface area contributed by atoms with E-state index in [-0.39, 0.29) is 0 Å². The number of hydrogen-bond acceptors (Lipinski definition) is 5. The number of nitrogens with zero attached hydrogens (tertiary/aromatic N) is 5. The molecular formula is C16H25N5S. The van der Waals surface area contributed by atoms with E-state index in [2.05, 4.69) is 51.3 Å². The van der Waals surface area contributed by atoms with Gasteiger partial charge in [-0.15, -0.1) is 11.3 Å². The molecule has 3 rings (SSSR count). The predicted octanol–water partition coefficient (Wildman–Crippen LogP) is 2.37. The maximum Gasteiger partial charge on any atom is 0.122 e. The van der Waals surface area contributed by atoms with Crippen molar-refractivity contribution in [2.45, 2.75) is 46.4 Å². The lowest BCUT2D eigenvalue weighted by Crippen LogP contribution is -2.51. The van der Waals surface area contributed by atoms with Gasteiger partial charge in [0.05, 0.1) is 11.6 Å². The highest BCUT2D eigenvalue weighted by Gasteiger charge is 2.25. The molecule has 6 heteroatoms. The number of piperazine rings is 1. The highest BCUT2D eigenvalue weighted by atomic mass is 32.1. The maximum atomic E-state index is 4.51. The predicted molar refractivity (Wildman–Crippen MR) is 89.9 cm³/mol. The summed E-state index contributed by atoms with van der Waals surface area (Å²) >= 11 is 1.81. The Labute approximate surface area is 136 Å². The molecule has 3 heterocycles. The number of imidazole rings is 1. The van der Waals surface area contributed by atoms with E-state index in [0.29, 0.717) is 6.04 Å². The molecule has 0 N–H and O–H groups in total. The van der Waals surface area contributed by atoms with E-state index in [9.17, 15) is 0 Å². The lowest BCUT2D eigenvalue weighted by molar-refractivity contribution is 0.0711. The first-order valence-electron chi connectivity index (χ1n) is 8.03. The van der Waals surface area contributed by atoms with E-state index in [1.54, 1.807) is 0 Å². The standard InChI is InChI=1S/C16H25N5S/c1-4-20-6-5-17-16(20)12-21-8-7-19(10-13(21)2)11-15-9-18-14(3)22-15/h5-6,9,13H,4,7-8,10-12H2,1-3H3. The van der Waals surface area contributed by atoms with Crippen molar-refractivity contribution in [3.05, 3.63) is 34.3 Å². The van der Waals surface area contributed by atoms with Crippen molar-refractivity contribution in [1.82, 2.24) is 24.3 Å². The van der Waals surface area contributed by atoms with Crippen LogP contribution in [-0.4, -0.2) is 50.0 Å². The van der Waals surface area contributed by atoms with Crippen LogP contribution in [0, 0.1) is 6.92 Å². The van der Waals surface area contributed by atoms with Crippen LogP contribution in [0.4, 0.5) is 0 Å². The molecule has 1 saturated heterocycles. The molecule has 0 radical (unpaired) electrons. The summed E-state index contributed by atoms with van der Waals surface area (Å²) in [6, 6.07) is 0.560. The normalized spacial score (nSPS) is 20.6. The van der Waals surface area contributed by atoms with Crippen LogP contribution in [0.15, 0.2) is 18.6 Å². The minimum Gasteiger partial charge on any atom is -0.334 e. The second-order valence-electron chi connectivity index (χ2n) is 6.03. The Bertz CT molecular complexity index is 605. The number of hydrogen-bond donors (Lipinski definition) is 0. The van der Waals surface area contributed by atoms with Crippen molar-refractivity contribution in [3.8, 4) is 0 Å². The van der Waals surface area contributed by atoms with Crippen LogP contribution in [-0.2, 0) is 19.6 Å². The highest BCUT2D eigenvalue weighted by Crippen LogP contribution is 2.18. The van der Waals surface area contributed by atoms with E-state index < -0.39 is 0 Å². The third-order valence-corrected chi connectivity index (χ3v) is 5.28. The van der Waals surface area contributed by atoms with Gasteiger partial charge in [0.15, 0.2) is 0 Å². The Morgan fingerprint density at radius 3 is 2.82 bits per heavy atom. The smallest absolute Gasteiger partial charge is 0.122 e. The lowest BCUT2D eigenvalue weighted by atomic mass is 10.2. The summed E-state index contributed by atoms with van der Waals surface area (Å²) in [6.45, 7) is 12.9. The van der Waals surface area contributed by atoms with Crippen LogP contribution < -0.4 is 0 Å². The summed E-state index contributed by atoms with van der Waals surface area (Å²) in [5, 5.41) is 1.16. The van der Waals surface area contributed by atoms with Gasteiger partial charge >= 0.3 is 0 Å². The molecule has 1 atom stereocenters. The second-order valence-corrected chi connectivity index (χ2v) is 7.35. The van der Waals surface area contributed by atoms with Crippen LogP contribution in [0.3, 0.4) is 0 Å². The van der Waals surface area contributed by atoms with Gasteiger partial charge in [0.25, 0.3) is 0 Å². The van der Waals surface area contributed by atoms with Gasteiger partial charge in [-0.2, -0.15) is 0 Å². The number of aryl methyl sites for hydroxylation is 2. The van der Waals surface area contributed by atoms with Gasteiger partial charge in [0.2, 0.25) is 0 Å². The van der Waals surface area contributed by atoms with Gasteiger partial charge in [0, 0.05) is 62.2 Å². The summed E-state index contributed by atoms with van der Waals surface area (Å²) in [6.07, 6.45) is 6.00. The molecule has 0 bridgehead atoms. The van der Waals surface area contributed by atoms with Crippen molar-refractivity contribution in [3.63, 3.8) is 0 Å². The number of thiazole rings is 1. The fraction of sp³-hybridized carbons (Fsp3) is 0.625. The van der Waals surface area contributed by atoms with E-state index in [0.717, 1.165) is 44.3 Å². The lowest BCUT2D eigenvalue weighted by Gasteiger charge is -2.39. The molecular weight excluding hydrogens is 294 g/mol. The van der Waals surface area contributed by atoms with Crippen molar-refractivity contribution < 1.29 is 0 Å². The Kier molecular flexibility index (Phi) is 4.90. The van der Waals surface area contributed by atoms with Crippen molar-refractivity contribution in [2.24, 2.45) is 0 Å². The average molecular weight is 319 g/mol. The summed E-state index contributed by atoms with van der Waals surface area (Å²) in [5.74, 6) is 1.18. The first-order chi connectivity index (χ1) is 10.7. The molecule has 5 nitrogen and oxygen atoms in total. The summed E-state index contributed by atoms with van der Waals surface area (Å²) < 4.78 is 2.24. The van der Waals surface area contributed by atoms with Crippen LogP contribution in [0.1, 0.15) is 29.6 Å². The summed E-state index contributed by atoms with van der Waals surface area (Å²) in [4.78, 5) is 15.3.